The predicted molar refractivity (Wildman–Crippen MR) is 83.2 cm³/mol. The van der Waals surface area contributed by atoms with E-state index in [1.54, 1.807) is 0 Å². The van der Waals surface area contributed by atoms with Gasteiger partial charge in [0.2, 0.25) is 0 Å². The van der Waals surface area contributed by atoms with Gasteiger partial charge in [0, 0.05) is 24.6 Å². The molecule has 0 aliphatic rings. The average molecular weight is 317 g/mol. The molecule has 0 heterocycles. The molecule has 2 nitrogen and oxygen atoms in total. The minimum Gasteiger partial charge on any atom is -0.374 e. The van der Waals surface area contributed by atoms with E-state index in [1.165, 1.54) is 27.9 Å². The molecule has 96 valence electrons. The number of benzene rings is 1. The molecule has 1 N–H and O–H groups in total. The van der Waals surface area contributed by atoms with Crippen LogP contribution in [-0.4, -0.2) is 32.6 Å². The molecule has 0 aliphatic carbocycles. The summed E-state index contributed by atoms with van der Waals surface area (Å²) >= 11 is 5.56. The van der Waals surface area contributed by atoms with Crippen molar-refractivity contribution in [3.05, 3.63) is 28.2 Å². The Kier molecular flexibility index (Phi) is 7.00. The maximum Gasteiger partial charge on any atom is 0.0508 e. The minimum absolute atomic E-state index is 0.912. The first-order valence-electron chi connectivity index (χ1n) is 5.82. The summed E-state index contributed by atoms with van der Waals surface area (Å²) in [6, 6.07) is 6.56. The Morgan fingerprint density at radius 3 is 2.76 bits per heavy atom. The molecule has 0 fully saturated rings. The van der Waals surface area contributed by atoms with Gasteiger partial charge in [-0.25, -0.2) is 0 Å². The van der Waals surface area contributed by atoms with E-state index in [-0.39, 0.29) is 0 Å². The molecule has 0 aromatic heterocycles. The van der Waals surface area contributed by atoms with E-state index in [0.717, 1.165) is 13.1 Å². The summed E-state index contributed by atoms with van der Waals surface area (Å²) in [7, 11) is 4.12. The third-order valence-corrected chi connectivity index (χ3v) is 3.98. The predicted octanol–water partition coefficient (Wildman–Crippen LogP) is 3.36. The lowest BCUT2D eigenvalue weighted by Gasteiger charge is -2.21. The molecule has 17 heavy (non-hydrogen) atoms. The van der Waals surface area contributed by atoms with Gasteiger partial charge in [0.25, 0.3) is 0 Å². The fourth-order valence-electron chi connectivity index (χ4n) is 1.74. The van der Waals surface area contributed by atoms with Crippen molar-refractivity contribution in [3.63, 3.8) is 0 Å². The lowest BCUT2D eigenvalue weighted by molar-refractivity contribution is 0.815. The Balaban J connectivity index is 2.63. The van der Waals surface area contributed by atoms with Crippen molar-refractivity contribution >= 4 is 33.4 Å². The maximum absolute atomic E-state index is 3.65. The van der Waals surface area contributed by atoms with Crippen LogP contribution in [-0.2, 0) is 6.54 Å². The van der Waals surface area contributed by atoms with Crippen molar-refractivity contribution in [2.45, 2.75) is 13.0 Å². The quantitative estimate of drug-likeness (QED) is 0.776. The fourth-order valence-corrected chi connectivity index (χ4v) is 2.89. The molecule has 0 spiro atoms. The standard InChI is InChI=1S/C13H21BrN2S/c1-15-10-11-5-6-13(12(14)9-11)16(2)7-4-8-17-3/h5-6,9,15H,4,7-8,10H2,1-3H3. The summed E-state index contributed by atoms with van der Waals surface area (Å²) in [6.07, 6.45) is 3.38. The van der Waals surface area contributed by atoms with Crippen molar-refractivity contribution in [1.29, 1.82) is 0 Å². The van der Waals surface area contributed by atoms with Crippen molar-refractivity contribution < 1.29 is 0 Å². The zero-order valence-electron chi connectivity index (χ0n) is 10.8. The van der Waals surface area contributed by atoms with Gasteiger partial charge >= 0.3 is 0 Å². The van der Waals surface area contributed by atoms with Crippen LogP contribution < -0.4 is 10.2 Å². The summed E-state index contributed by atoms with van der Waals surface area (Å²) in [5, 5.41) is 3.16. The van der Waals surface area contributed by atoms with Gasteiger partial charge in [0.15, 0.2) is 0 Å². The van der Waals surface area contributed by atoms with Crippen molar-refractivity contribution in [2.24, 2.45) is 0 Å². The van der Waals surface area contributed by atoms with Crippen LogP contribution in [0.4, 0.5) is 5.69 Å². The first-order valence-corrected chi connectivity index (χ1v) is 8.00. The van der Waals surface area contributed by atoms with Crippen LogP contribution in [0.2, 0.25) is 0 Å². The van der Waals surface area contributed by atoms with E-state index in [9.17, 15) is 0 Å². The Morgan fingerprint density at radius 1 is 1.41 bits per heavy atom. The largest absolute Gasteiger partial charge is 0.374 e. The van der Waals surface area contributed by atoms with Crippen molar-refractivity contribution in [1.82, 2.24) is 5.32 Å². The Hall–Kier alpha value is -0.190. The van der Waals surface area contributed by atoms with Gasteiger partial charge in [-0.15, -0.1) is 0 Å². The second-order valence-corrected chi connectivity index (χ2v) is 5.92. The highest BCUT2D eigenvalue weighted by molar-refractivity contribution is 9.10. The first kappa shape index (κ1) is 14.9. The Labute approximate surface area is 117 Å². The van der Waals surface area contributed by atoms with E-state index in [4.69, 9.17) is 0 Å². The van der Waals surface area contributed by atoms with E-state index >= 15 is 0 Å². The van der Waals surface area contributed by atoms with Gasteiger partial charge in [-0.2, -0.15) is 11.8 Å². The smallest absolute Gasteiger partial charge is 0.0508 e. The summed E-state index contributed by atoms with van der Waals surface area (Å²) in [5.41, 5.74) is 2.58. The Bertz CT molecular complexity index is 344. The molecule has 0 saturated carbocycles. The molecule has 0 bridgehead atoms. The number of hydrogen-bond donors (Lipinski definition) is 1. The normalized spacial score (nSPS) is 10.6. The number of hydrogen-bond acceptors (Lipinski definition) is 3. The van der Waals surface area contributed by atoms with E-state index in [2.05, 4.69) is 57.6 Å². The Morgan fingerprint density at radius 2 is 2.18 bits per heavy atom. The van der Waals surface area contributed by atoms with Gasteiger partial charge in [-0.05, 0) is 59.1 Å². The molecule has 0 unspecified atom stereocenters. The highest BCUT2D eigenvalue weighted by Gasteiger charge is 2.06. The second-order valence-electron chi connectivity index (χ2n) is 4.08. The van der Waals surface area contributed by atoms with Crippen LogP contribution in [0.3, 0.4) is 0 Å². The maximum atomic E-state index is 3.65. The number of rotatable bonds is 7. The third-order valence-electron chi connectivity index (χ3n) is 2.65. The van der Waals surface area contributed by atoms with Crippen LogP contribution in [0.5, 0.6) is 0 Å². The number of thioether (sulfide) groups is 1. The fraction of sp³-hybridized carbons (Fsp3) is 0.538. The number of halogens is 1. The van der Waals surface area contributed by atoms with Crippen LogP contribution in [0.25, 0.3) is 0 Å². The van der Waals surface area contributed by atoms with Gasteiger partial charge in [0.05, 0.1) is 5.69 Å². The van der Waals surface area contributed by atoms with Crippen LogP contribution >= 0.6 is 27.7 Å². The molecule has 0 aliphatic heterocycles. The van der Waals surface area contributed by atoms with Crippen molar-refractivity contribution in [3.8, 4) is 0 Å². The highest BCUT2D eigenvalue weighted by atomic mass is 79.9. The van der Waals surface area contributed by atoms with Gasteiger partial charge < -0.3 is 10.2 Å². The number of nitrogens with one attached hydrogen (secondary N) is 1. The molecule has 0 radical (unpaired) electrons. The minimum atomic E-state index is 0.912. The van der Waals surface area contributed by atoms with Crippen LogP contribution in [0, 0.1) is 0 Å². The second kappa shape index (κ2) is 8.01. The first-order chi connectivity index (χ1) is 8.19. The summed E-state index contributed by atoms with van der Waals surface area (Å²) in [6.45, 7) is 2.01. The van der Waals surface area contributed by atoms with Crippen LogP contribution in [0.15, 0.2) is 22.7 Å². The molecule has 1 rings (SSSR count). The van der Waals surface area contributed by atoms with E-state index in [1.807, 2.05) is 18.8 Å². The highest BCUT2D eigenvalue weighted by Crippen LogP contribution is 2.26. The number of nitrogens with zero attached hydrogens (tertiary/aromatic N) is 1. The lowest BCUT2D eigenvalue weighted by Crippen LogP contribution is -2.19. The molecule has 4 heteroatoms. The van der Waals surface area contributed by atoms with Crippen LogP contribution in [0.1, 0.15) is 12.0 Å². The van der Waals surface area contributed by atoms with Crippen molar-refractivity contribution in [2.75, 3.05) is 37.5 Å². The van der Waals surface area contributed by atoms with E-state index in [0.29, 0.717) is 0 Å². The molecule has 1 aromatic rings. The summed E-state index contributed by atoms with van der Waals surface area (Å²) in [4.78, 5) is 2.31. The SMILES string of the molecule is CNCc1ccc(N(C)CCCSC)c(Br)c1. The summed E-state index contributed by atoms with van der Waals surface area (Å²) in [5.74, 6) is 1.22. The topological polar surface area (TPSA) is 15.3 Å². The van der Waals surface area contributed by atoms with E-state index < -0.39 is 0 Å². The summed E-state index contributed by atoms with van der Waals surface area (Å²) < 4.78 is 1.18. The van der Waals surface area contributed by atoms with Gasteiger partial charge in [0.1, 0.15) is 0 Å². The number of anilines is 1. The molecular weight excluding hydrogens is 296 g/mol. The molecule has 1 aromatic carbocycles. The van der Waals surface area contributed by atoms with Gasteiger partial charge in [-0.1, -0.05) is 6.07 Å². The average Bonchev–Trinajstić information content (AvgIpc) is 2.29. The molecule has 0 atom stereocenters. The molecule has 0 saturated heterocycles. The molecular formula is C13H21BrN2S. The van der Waals surface area contributed by atoms with Gasteiger partial charge in [-0.3, -0.25) is 0 Å². The third kappa shape index (κ3) is 4.90. The molecule has 0 amide bonds. The monoisotopic (exact) mass is 316 g/mol. The lowest BCUT2D eigenvalue weighted by atomic mass is 10.2. The zero-order chi connectivity index (χ0) is 12.7. The zero-order valence-corrected chi connectivity index (χ0v) is 13.2.